The van der Waals surface area contributed by atoms with Crippen molar-refractivity contribution in [1.82, 2.24) is 9.88 Å². The molecule has 7 nitrogen and oxygen atoms in total. The fourth-order valence-corrected chi connectivity index (χ4v) is 4.73. The number of aryl methyl sites for hydroxylation is 1. The lowest BCUT2D eigenvalue weighted by molar-refractivity contribution is 0.0917. The zero-order chi connectivity index (χ0) is 23.4. The molecule has 1 aliphatic rings. The molecule has 0 bridgehead atoms. The largest absolute Gasteiger partial charge is 0.492 e. The second-order valence-electron chi connectivity index (χ2n) is 8.30. The summed E-state index contributed by atoms with van der Waals surface area (Å²) in [6.45, 7) is 5.25. The van der Waals surface area contributed by atoms with Gasteiger partial charge in [0, 0.05) is 36.8 Å². The van der Waals surface area contributed by atoms with Crippen LogP contribution in [0.25, 0.3) is 10.9 Å². The summed E-state index contributed by atoms with van der Waals surface area (Å²) < 4.78 is 37.6. The maximum atomic E-state index is 11.5. The minimum atomic E-state index is -3.41. The first-order chi connectivity index (χ1) is 15.8. The molecule has 0 aliphatic carbocycles. The fourth-order valence-electron chi connectivity index (χ4n) is 3.94. The number of pyridine rings is 1. The topological polar surface area (TPSA) is 80.8 Å². The Labute approximate surface area is 199 Å². The van der Waals surface area contributed by atoms with E-state index in [9.17, 15) is 8.42 Å². The highest BCUT2D eigenvalue weighted by molar-refractivity contribution is 7.92. The number of piperidine rings is 1. The fraction of sp³-hybridized carbons (Fsp3) is 0.375. The molecule has 1 aliphatic heterocycles. The van der Waals surface area contributed by atoms with E-state index in [1.165, 1.54) is 0 Å². The predicted molar refractivity (Wildman–Crippen MR) is 132 cm³/mol. The number of aromatic nitrogens is 1. The maximum absolute atomic E-state index is 11.5. The van der Waals surface area contributed by atoms with Crippen molar-refractivity contribution in [1.29, 1.82) is 0 Å². The molecule has 0 saturated carbocycles. The van der Waals surface area contributed by atoms with Gasteiger partial charge in [-0.25, -0.2) is 8.42 Å². The highest BCUT2D eigenvalue weighted by Crippen LogP contribution is 2.29. The van der Waals surface area contributed by atoms with Crippen molar-refractivity contribution in [2.75, 3.05) is 37.2 Å². The smallest absolute Gasteiger partial charge is 0.229 e. The molecule has 176 valence electrons. The number of hydrogen-bond acceptors (Lipinski definition) is 6. The molecule has 0 spiro atoms. The predicted octanol–water partition coefficient (Wildman–Crippen LogP) is 4.49. The van der Waals surface area contributed by atoms with Gasteiger partial charge in [0.05, 0.1) is 22.5 Å². The molecular formula is C24H28ClN3O4S. The molecule has 2 aromatic carbocycles. The summed E-state index contributed by atoms with van der Waals surface area (Å²) >= 11 is 6.09. The van der Waals surface area contributed by atoms with Gasteiger partial charge in [0.25, 0.3) is 0 Å². The summed E-state index contributed by atoms with van der Waals surface area (Å²) in [4.78, 5) is 6.93. The number of likely N-dealkylation sites (tertiary alicyclic amines) is 1. The summed E-state index contributed by atoms with van der Waals surface area (Å²) in [7, 11) is -3.41. The second kappa shape index (κ2) is 10.2. The van der Waals surface area contributed by atoms with E-state index in [0.29, 0.717) is 23.1 Å². The van der Waals surface area contributed by atoms with Gasteiger partial charge >= 0.3 is 0 Å². The van der Waals surface area contributed by atoms with E-state index in [2.05, 4.69) is 20.7 Å². The number of hydrogen-bond donors (Lipinski definition) is 1. The van der Waals surface area contributed by atoms with Gasteiger partial charge in [-0.2, -0.15) is 0 Å². The van der Waals surface area contributed by atoms with E-state index < -0.39 is 10.0 Å². The van der Waals surface area contributed by atoms with Crippen LogP contribution in [0.2, 0.25) is 5.02 Å². The van der Waals surface area contributed by atoms with Gasteiger partial charge in [0.1, 0.15) is 24.2 Å². The number of ether oxygens (including phenoxy) is 2. The third-order valence-corrected chi connectivity index (χ3v) is 6.49. The van der Waals surface area contributed by atoms with Gasteiger partial charge in [0.15, 0.2) is 0 Å². The first kappa shape index (κ1) is 23.6. The highest BCUT2D eigenvalue weighted by Gasteiger charge is 2.21. The minimum Gasteiger partial charge on any atom is -0.492 e. The first-order valence-corrected chi connectivity index (χ1v) is 13.2. The van der Waals surface area contributed by atoms with Gasteiger partial charge in [-0.15, -0.1) is 0 Å². The van der Waals surface area contributed by atoms with Gasteiger partial charge < -0.3 is 9.47 Å². The van der Waals surface area contributed by atoms with E-state index in [-0.39, 0.29) is 6.10 Å². The van der Waals surface area contributed by atoms with Crippen molar-refractivity contribution >= 4 is 38.2 Å². The molecule has 0 amide bonds. The van der Waals surface area contributed by atoms with Gasteiger partial charge in [0.2, 0.25) is 10.0 Å². The van der Waals surface area contributed by atoms with Crippen molar-refractivity contribution in [2.45, 2.75) is 25.9 Å². The third kappa shape index (κ3) is 6.50. The summed E-state index contributed by atoms with van der Waals surface area (Å²) in [6, 6.07) is 15.0. The molecule has 0 atom stereocenters. The quantitative estimate of drug-likeness (QED) is 0.502. The van der Waals surface area contributed by atoms with E-state index in [0.717, 1.165) is 61.1 Å². The molecule has 33 heavy (non-hydrogen) atoms. The summed E-state index contributed by atoms with van der Waals surface area (Å²) in [5.74, 6) is 1.46. The molecule has 4 rings (SSSR count). The Morgan fingerprint density at radius 3 is 2.70 bits per heavy atom. The van der Waals surface area contributed by atoms with Crippen LogP contribution in [0.3, 0.4) is 0 Å². The zero-order valence-electron chi connectivity index (χ0n) is 18.8. The summed E-state index contributed by atoms with van der Waals surface area (Å²) in [5, 5.41) is 1.36. The molecule has 1 fully saturated rings. The van der Waals surface area contributed by atoms with Crippen LogP contribution in [-0.4, -0.2) is 56.9 Å². The van der Waals surface area contributed by atoms with E-state index >= 15 is 0 Å². The van der Waals surface area contributed by atoms with Crippen LogP contribution in [0.4, 0.5) is 5.69 Å². The lowest BCUT2D eigenvalue weighted by atomic mass is 10.1. The molecule has 1 aromatic heterocycles. The Morgan fingerprint density at radius 1 is 1.15 bits per heavy atom. The molecule has 1 saturated heterocycles. The summed E-state index contributed by atoms with van der Waals surface area (Å²) in [5.41, 5.74) is 2.26. The highest BCUT2D eigenvalue weighted by atomic mass is 35.5. The van der Waals surface area contributed by atoms with Gasteiger partial charge in [-0.05, 0) is 56.2 Å². The van der Waals surface area contributed by atoms with E-state index in [1.807, 2.05) is 31.2 Å². The lowest BCUT2D eigenvalue weighted by Crippen LogP contribution is -2.40. The molecular weight excluding hydrogens is 462 g/mol. The monoisotopic (exact) mass is 489 g/mol. The second-order valence-corrected chi connectivity index (χ2v) is 10.5. The molecule has 1 N–H and O–H groups in total. The lowest BCUT2D eigenvalue weighted by Gasteiger charge is -2.32. The average Bonchev–Trinajstić information content (AvgIpc) is 2.76. The Hall–Kier alpha value is -2.55. The van der Waals surface area contributed by atoms with Crippen LogP contribution in [0.1, 0.15) is 18.5 Å². The van der Waals surface area contributed by atoms with Crippen LogP contribution < -0.4 is 14.2 Å². The zero-order valence-corrected chi connectivity index (χ0v) is 20.3. The van der Waals surface area contributed by atoms with Crippen molar-refractivity contribution in [2.24, 2.45) is 0 Å². The van der Waals surface area contributed by atoms with E-state index in [4.69, 9.17) is 21.1 Å². The number of rotatable bonds is 8. The molecule has 0 radical (unpaired) electrons. The Balaban J connectivity index is 1.26. The van der Waals surface area contributed by atoms with Crippen LogP contribution in [0.15, 0.2) is 48.5 Å². The minimum absolute atomic E-state index is 0.0711. The molecule has 9 heteroatoms. The number of benzene rings is 2. The van der Waals surface area contributed by atoms with Crippen molar-refractivity contribution in [3.8, 4) is 11.5 Å². The van der Waals surface area contributed by atoms with Crippen LogP contribution >= 0.6 is 11.6 Å². The standard InChI is InChI=1S/C24H28ClN3O4S/c1-17-6-8-20-22(26-17)4-3-5-24(20)31-15-14-28-12-10-18(11-13-28)32-19-7-9-21(25)23(16-19)27-33(2,29)30/h3-9,16,18,27H,10-15H2,1-2H3. The Morgan fingerprint density at radius 2 is 1.94 bits per heavy atom. The maximum Gasteiger partial charge on any atom is 0.229 e. The van der Waals surface area contributed by atoms with Crippen molar-refractivity contribution in [3.05, 3.63) is 59.2 Å². The molecule has 3 aromatic rings. The number of anilines is 1. The third-order valence-electron chi connectivity index (χ3n) is 5.57. The van der Waals surface area contributed by atoms with E-state index in [1.54, 1.807) is 18.2 Å². The number of fused-ring (bicyclic) bond motifs is 1. The van der Waals surface area contributed by atoms with Gasteiger partial charge in [-0.3, -0.25) is 14.6 Å². The van der Waals surface area contributed by atoms with Crippen LogP contribution in [-0.2, 0) is 10.0 Å². The van der Waals surface area contributed by atoms with Crippen molar-refractivity contribution in [3.63, 3.8) is 0 Å². The Kier molecular flexibility index (Phi) is 7.26. The van der Waals surface area contributed by atoms with Gasteiger partial charge in [-0.1, -0.05) is 17.7 Å². The Bertz CT molecular complexity index is 1230. The number of nitrogens with one attached hydrogen (secondary N) is 1. The van der Waals surface area contributed by atoms with Crippen LogP contribution in [0, 0.1) is 6.92 Å². The van der Waals surface area contributed by atoms with Crippen LogP contribution in [0.5, 0.6) is 11.5 Å². The molecule has 0 unspecified atom stereocenters. The number of nitrogens with zero attached hydrogens (tertiary/aromatic N) is 2. The first-order valence-electron chi connectivity index (χ1n) is 10.9. The molecule has 2 heterocycles. The number of halogens is 1. The number of sulfonamides is 1. The summed E-state index contributed by atoms with van der Waals surface area (Å²) in [6.07, 6.45) is 2.93. The van der Waals surface area contributed by atoms with Crippen molar-refractivity contribution < 1.29 is 17.9 Å². The SMILES string of the molecule is Cc1ccc2c(OCCN3CCC(Oc4ccc(Cl)c(NS(C)(=O)=O)c4)CC3)cccc2n1. The average molecular weight is 490 g/mol. The normalized spacial score (nSPS) is 15.5.